The average molecular weight is 479 g/mol. The number of anilines is 1. The number of carbonyl (C=O) groups excluding carboxylic acids is 1. The number of ether oxygens (including phenoxy) is 1. The van der Waals surface area contributed by atoms with Gasteiger partial charge in [0.25, 0.3) is 15.9 Å². The summed E-state index contributed by atoms with van der Waals surface area (Å²) in [6.45, 7) is 1.47. The molecule has 0 saturated heterocycles. The Bertz CT molecular complexity index is 1450. The largest absolute Gasteiger partial charge is 0.493 e. The summed E-state index contributed by atoms with van der Waals surface area (Å²) in [6, 6.07) is 21.3. The van der Waals surface area contributed by atoms with Crippen molar-refractivity contribution in [2.75, 3.05) is 17.5 Å². The van der Waals surface area contributed by atoms with E-state index >= 15 is 0 Å². The summed E-state index contributed by atoms with van der Waals surface area (Å²) in [6.07, 6.45) is 0. The minimum absolute atomic E-state index is 0.0142. The van der Waals surface area contributed by atoms with Crippen molar-refractivity contribution in [3.05, 3.63) is 78.9 Å². The maximum absolute atomic E-state index is 13.5. The molecular weight excluding hydrogens is 456 g/mol. The number of hydrogen-bond donors (Lipinski definition) is 2. The Morgan fingerprint density at radius 2 is 1.68 bits per heavy atom. The molecule has 0 atom stereocenters. The number of aromatic hydroxyl groups is 1. The van der Waals surface area contributed by atoms with E-state index in [1.807, 2.05) is 0 Å². The molecule has 10 heteroatoms. The van der Waals surface area contributed by atoms with Gasteiger partial charge >= 0.3 is 0 Å². The first-order chi connectivity index (χ1) is 16.4. The van der Waals surface area contributed by atoms with Crippen LogP contribution in [0.3, 0.4) is 0 Å². The topological polar surface area (TPSA) is 124 Å². The number of aromatic amines is 1. The van der Waals surface area contributed by atoms with Crippen molar-refractivity contribution in [1.29, 1.82) is 0 Å². The third-order valence-electron chi connectivity index (χ3n) is 4.96. The maximum Gasteiger partial charge on any atom is 0.285 e. The Kier molecular flexibility index (Phi) is 6.60. The van der Waals surface area contributed by atoms with Gasteiger partial charge in [0.1, 0.15) is 12.3 Å². The zero-order valence-electron chi connectivity index (χ0n) is 18.2. The van der Waals surface area contributed by atoms with E-state index in [1.54, 1.807) is 73.7 Å². The van der Waals surface area contributed by atoms with Crippen molar-refractivity contribution in [2.45, 2.75) is 11.8 Å². The fraction of sp³-hybridized carbons (Fsp3) is 0.125. The number of benzene rings is 3. The van der Waals surface area contributed by atoms with Crippen LogP contribution < -0.4 is 9.04 Å². The van der Waals surface area contributed by atoms with E-state index in [0.717, 1.165) is 4.31 Å². The van der Waals surface area contributed by atoms with E-state index in [1.165, 1.54) is 12.1 Å². The quantitative estimate of drug-likeness (QED) is 0.353. The van der Waals surface area contributed by atoms with Crippen molar-refractivity contribution < 1.29 is 23.1 Å². The van der Waals surface area contributed by atoms with Crippen LogP contribution in [0.2, 0.25) is 0 Å². The molecule has 0 aliphatic carbocycles. The number of hydrogen-bond acceptors (Lipinski definition) is 6. The highest BCUT2D eigenvalue weighted by Gasteiger charge is 2.29. The van der Waals surface area contributed by atoms with Crippen LogP contribution in [0, 0.1) is 0 Å². The van der Waals surface area contributed by atoms with E-state index in [-0.39, 0.29) is 22.2 Å². The SMILES string of the molecule is CCOc1ccccc1N(CC(=O)N=Nc1c(O)[nH]c2ccccc12)S(=O)(=O)c1ccccc1. The number of sulfonamides is 1. The second kappa shape index (κ2) is 9.75. The third kappa shape index (κ3) is 4.62. The number of amides is 1. The van der Waals surface area contributed by atoms with Gasteiger partial charge in [-0.2, -0.15) is 0 Å². The standard InChI is InChI=1S/C24H22N4O5S/c1-2-33-21-15-9-8-14-20(21)28(34(31,32)17-10-4-3-5-11-17)16-22(29)26-27-23-18-12-6-7-13-19(18)25-24(23)30/h3-15,25,30H,2,16H2,1H3. The Morgan fingerprint density at radius 3 is 2.44 bits per heavy atom. The lowest BCUT2D eigenvalue weighted by atomic mass is 10.2. The number of nitrogens with zero attached hydrogens (tertiary/aromatic N) is 3. The van der Waals surface area contributed by atoms with E-state index in [0.29, 0.717) is 23.3 Å². The van der Waals surface area contributed by atoms with Gasteiger partial charge in [-0.25, -0.2) is 8.42 Å². The monoisotopic (exact) mass is 478 g/mol. The number of para-hydroxylation sites is 3. The normalized spacial score (nSPS) is 11.7. The summed E-state index contributed by atoms with van der Waals surface area (Å²) >= 11 is 0. The van der Waals surface area contributed by atoms with Gasteiger partial charge < -0.3 is 14.8 Å². The molecule has 3 aromatic carbocycles. The minimum Gasteiger partial charge on any atom is -0.493 e. The molecule has 1 aromatic heterocycles. The molecule has 4 aromatic rings. The number of nitrogens with one attached hydrogen (secondary N) is 1. The second-order valence-corrected chi connectivity index (χ2v) is 9.05. The van der Waals surface area contributed by atoms with Gasteiger partial charge in [0, 0.05) is 5.39 Å². The van der Waals surface area contributed by atoms with Gasteiger partial charge in [0.15, 0.2) is 5.69 Å². The van der Waals surface area contributed by atoms with Crippen LogP contribution in [0.25, 0.3) is 10.9 Å². The average Bonchev–Trinajstić information content (AvgIpc) is 3.17. The number of carbonyl (C=O) groups is 1. The van der Waals surface area contributed by atoms with Gasteiger partial charge in [-0.1, -0.05) is 48.5 Å². The molecular formula is C24H22N4O5S. The highest BCUT2D eigenvalue weighted by molar-refractivity contribution is 7.92. The van der Waals surface area contributed by atoms with Crippen LogP contribution in [-0.2, 0) is 14.8 Å². The molecule has 0 unspecified atom stereocenters. The van der Waals surface area contributed by atoms with Crippen molar-refractivity contribution in [3.63, 3.8) is 0 Å². The summed E-state index contributed by atoms with van der Waals surface area (Å²) in [5.74, 6) is -0.757. The van der Waals surface area contributed by atoms with Crippen LogP contribution in [0.5, 0.6) is 11.6 Å². The molecule has 2 N–H and O–H groups in total. The number of fused-ring (bicyclic) bond motifs is 1. The maximum atomic E-state index is 13.5. The van der Waals surface area contributed by atoms with Crippen molar-refractivity contribution in [3.8, 4) is 11.6 Å². The predicted octanol–water partition coefficient (Wildman–Crippen LogP) is 4.78. The third-order valence-corrected chi connectivity index (χ3v) is 6.74. The van der Waals surface area contributed by atoms with Gasteiger partial charge in [-0.15, -0.1) is 10.2 Å². The molecule has 34 heavy (non-hydrogen) atoms. The predicted molar refractivity (Wildman–Crippen MR) is 128 cm³/mol. The smallest absolute Gasteiger partial charge is 0.285 e. The summed E-state index contributed by atoms with van der Waals surface area (Å²) in [5, 5.41) is 18.3. The molecule has 0 aliphatic heterocycles. The molecule has 4 rings (SSSR count). The first-order valence-corrected chi connectivity index (χ1v) is 11.9. The molecule has 0 bridgehead atoms. The van der Waals surface area contributed by atoms with E-state index < -0.39 is 22.5 Å². The van der Waals surface area contributed by atoms with Gasteiger partial charge in [-0.3, -0.25) is 9.10 Å². The Balaban J connectivity index is 1.71. The fourth-order valence-corrected chi connectivity index (χ4v) is 4.88. The summed E-state index contributed by atoms with van der Waals surface area (Å²) in [4.78, 5) is 15.6. The van der Waals surface area contributed by atoms with Crippen LogP contribution in [-0.4, -0.2) is 37.6 Å². The lowest BCUT2D eigenvalue weighted by Crippen LogP contribution is -2.35. The molecule has 0 radical (unpaired) electrons. The highest BCUT2D eigenvalue weighted by Crippen LogP contribution is 2.36. The number of azo groups is 1. The molecule has 0 aliphatic rings. The molecule has 0 spiro atoms. The molecule has 1 amide bonds. The highest BCUT2D eigenvalue weighted by atomic mass is 32.2. The zero-order valence-corrected chi connectivity index (χ0v) is 19.1. The minimum atomic E-state index is -4.13. The lowest BCUT2D eigenvalue weighted by molar-refractivity contribution is -0.116. The summed E-state index contributed by atoms with van der Waals surface area (Å²) < 4.78 is 33.5. The second-order valence-electron chi connectivity index (χ2n) is 7.19. The van der Waals surface area contributed by atoms with Gasteiger partial charge in [0.05, 0.1) is 22.7 Å². The molecule has 9 nitrogen and oxygen atoms in total. The fourth-order valence-electron chi connectivity index (χ4n) is 3.43. The summed E-state index contributed by atoms with van der Waals surface area (Å²) in [7, 11) is -4.13. The lowest BCUT2D eigenvalue weighted by Gasteiger charge is -2.25. The first kappa shape index (κ1) is 23.0. The zero-order chi connectivity index (χ0) is 24.1. The van der Waals surface area contributed by atoms with Crippen molar-refractivity contribution in [2.24, 2.45) is 10.2 Å². The Morgan fingerprint density at radius 1 is 1.00 bits per heavy atom. The Hall–Kier alpha value is -4.18. The van der Waals surface area contributed by atoms with Crippen molar-refractivity contribution in [1.82, 2.24) is 4.98 Å². The number of aromatic nitrogens is 1. The van der Waals surface area contributed by atoms with Crippen LogP contribution in [0.1, 0.15) is 6.92 Å². The number of H-pyrrole nitrogens is 1. The molecule has 0 fully saturated rings. The first-order valence-electron chi connectivity index (χ1n) is 10.5. The Labute approximate surface area is 196 Å². The van der Waals surface area contributed by atoms with Crippen LogP contribution >= 0.6 is 0 Å². The van der Waals surface area contributed by atoms with E-state index in [2.05, 4.69) is 15.2 Å². The van der Waals surface area contributed by atoms with Gasteiger partial charge in [0.2, 0.25) is 5.88 Å². The van der Waals surface area contributed by atoms with Crippen molar-refractivity contribution >= 4 is 38.2 Å². The van der Waals surface area contributed by atoms with E-state index in [9.17, 15) is 18.3 Å². The molecule has 1 heterocycles. The van der Waals surface area contributed by atoms with Crippen LogP contribution in [0.4, 0.5) is 11.4 Å². The summed E-state index contributed by atoms with van der Waals surface area (Å²) in [5.41, 5.74) is 0.920. The van der Waals surface area contributed by atoms with Crippen LogP contribution in [0.15, 0.2) is 94.0 Å². The number of rotatable bonds is 8. The van der Waals surface area contributed by atoms with Gasteiger partial charge in [-0.05, 0) is 37.3 Å². The van der Waals surface area contributed by atoms with E-state index in [4.69, 9.17) is 4.74 Å². The molecule has 174 valence electrons. The molecule has 0 saturated carbocycles.